The summed E-state index contributed by atoms with van der Waals surface area (Å²) in [5, 5.41) is 20.2. The van der Waals surface area contributed by atoms with Crippen LogP contribution in [-0.4, -0.2) is 40.4 Å². The summed E-state index contributed by atoms with van der Waals surface area (Å²) in [6.07, 6.45) is 6.96. The summed E-state index contributed by atoms with van der Waals surface area (Å²) in [5.74, 6) is -0.365. The van der Waals surface area contributed by atoms with E-state index in [0.717, 1.165) is 31.6 Å². The number of rotatable bonds is 5. The Morgan fingerprint density at radius 2 is 1.81 bits per heavy atom. The number of carbonyl (C=O) groups is 1. The molecule has 0 atom stereocenters. The zero-order valence-corrected chi connectivity index (χ0v) is 19.1. The van der Waals surface area contributed by atoms with E-state index in [1.54, 1.807) is 6.07 Å². The Morgan fingerprint density at radius 1 is 1.03 bits per heavy atom. The third-order valence-corrected chi connectivity index (χ3v) is 7.04. The zero-order valence-electron chi connectivity index (χ0n) is 18.3. The summed E-state index contributed by atoms with van der Waals surface area (Å²) < 4.78 is 2.36. The number of carboxylic acids is 1. The van der Waals surface area contributed by atoms with Gasteiger partial charge in [-0.15, -0.1) is 12.4 Å². The van der Waals surface area contributed by atoms with Crippen molar-refractivity contribution in [3.05, 3.63) is 53.6 Å². The van der Waals surface area contributed by atoms with Crippen molar-refractivity contribution in [2.24, 2.45) is 0 Å². The first kappa shape index (κ1) is 22.7. The molecule has 0 bridgehead atoms. The second-order valence-corrected chi connectivity index (χ2v) is 8.87. The van der Waals surface area contributed by atoms with Crippen LogP contribution in [0.1, 0.15) is 60.4 Å². The van der Waals surface area contributed by atoms with Crippen molar-refractivity contribution in [1.82, 2.24) is 4.57 Å². The van der Waals surface area contributed by atoms with Crippen molar-refractivity contribution in [2.75, 3.05) is 24.6 Å². The molecule has 1 aliphatic heterocycles. The van der Waals surface area contributed by atoms with Gasteiger partial charge in [-0.3, -0.25) is 0 Å². The molecule has 0 amide bonds. The molecule has 2 heterocycles. The van der Waals surface area contributed by atoms with Crippen LogP contribution in [-0.2, 0) is 6.54 Å². The van der Waals surface area contributed by atoms with Gasteiger partial charge in [0.05, 0.1) is 11.3 Å². The first-order valence-electron chi connectivity index (χ1n) is 11.5. The molecule has 0 unspecified atom stereocenters. The third-order valence-electron chi connectivity index (χ3n) is 7.04. The lowest BCUT2D eigenvalue weighted by molar-refractivity contribution is 0.0697. The molecule has 0 spiro atoms. The fourth-order valence-corrected chi connectivity index (χ4v) is 5.62. The van der Waals surface area contributed by atoms with Crippen LogP contribution in [0.15, 0.2) is 42.5 Å². The van der Waals surface area contributed by atoms with E-state index in [2.05, 4.69) is 33.7 Å². The minimum Gasteiger partial charge on any atom is -0.478 e. The molecule has 1 fully saturated rings. The Bertz CT molecular complexity index is 1120. The normalized spacial score (nSPS) is 16.2. The third kappa shape index (κ3) is 3.89. The highest BCUT2D eigenvalue weighted by Gasteiger charge is 2.30. The van der Waals surface area contributed by atoms with E-state index in [1.807, 2.05) is 12.1 Å². The highest BCUT2D eigenvalue weighted by molar-refractivity contribution is 5.99. The summed E-state index contributed by atoms with van der Waals surface area (Å²) in [6, 6.07) is 14.2. The lowest BCUT2D eigenvalue weighted by Gasteiger charge is -2.26. The SMILES string of the molecule is Cl.O=C(O)c1ccc2c(C3CCCCC3)c3n(c2c1)CCN(CCCO)c1ccccc1-3. The van der Waals surface area contributed by atoms with E-state index in [4.69, 9.17) is 0 Å². The largest absolute Gasteiger partial charge is 0.478 e. The quantitative estimate of drug-likeness (QED) is 0.520. The number of benzene rings is 2. The van der Waals surface area contributed by atoms with Crippen LogP contribution >= 0.6 is 12.4 Å². The van der Waals surface area contributed by atoms with E-state index >= 15 is 0 Å². The first-order valence-corrected chi connectivity index (χ1v) is 11.5. The van der Waals surface area contributed by atoms with Gasteiger partial charge in [0.2, 0.25) is 0 Å². The fraction of sp³-hybridized carbons (Fsp3) is 0.423. The monoisotopic (exact) mass is 454 g/mol. The van der Waals surface area contributed by atoms with E-state index in [1.165, 1.54) is 60.0 Å². The predicted molar refractivity (Wildman–Crippen MR) is 131 cm³/mol. The van der Waals surface area contributed by atoms with Crippen LogP contribution in [0, 0.1) is 0 Å². The molecule has 0 saturated heterocycles. The molecule has 3 aromatic rings. The number of para-hydroxylation sites is 1. The van der Waals surface area contributed by atoms with Gasteiger partial charge in [-0.1, -0.05) is 43.5 Å². The average Bonchev–Trinajstić information content (AvgIpc) is 3.04. The molecule has 1 aliphatic carbocycles. The molecule has 1 saturated carbocycles. The standard InChI is InChI=1S/C26H30N2O3.ClH/c29-16-6-13-27-14-15-28-23-17-19(26(30)31)11-12-20(23)24(18-7-2-1-3-8-18)25(28)21-9-4-5-10-22(21)27;/h4-5,9-12,17-18,29H,1-3,6-8,13-16H2,(H,30,31);1H. The van der Waals surface area contributed by atoms with Gasteiger partial charge in [-0.05, 0) is 48.9 Å². The molecular weight excluding hydrogens is 424 g/mol. The van der Waals surface area contributed by atoms with Gasteiger partial charge in [0.1, 0.15) is 0 Å². The number of aliphatic hydroxyl groups excluding tert-OH is 1. The Labute approximate surface area is 195 Å². The summed E-state index contributed by atoms with van der Waals surface area (Å²) in [7, 11) is 0. The number of aliphatic hydroxyl groups is 1. The minimum atomic E-state index is -0.879. The Kier molecular flexibility index (Phi) is 6.77. The van der Waals surface area contributed by atoms with Gasteiger partial charge >= 0.3 is 5.97 Å². The Hall–Kier alpha value is -2.50. The summed E-state index contributed by atoms with van der Waals surface area (Å²) >= 11 is 0. The van der Waals surface area contributed by atoms with Crippen LogP contribution in [0.5, 0.6) is 0 Å². The lowest BCUT2D eigenvalue weighted by Crippen LogP contribution is -2.27. The molecule has 2 aromatic carbocycles. The maximum absolute atomic E-state index is 11.7. The molecule has 5 nitrogen and oxygen atoms in total. The number of hydrogen-bond donors (Lipinski definition) is 2. The number of aromatic carboxylic acids is 1. The minimum absolute atomic E-state index is 0. The van der Waals surface area contributed by atoms with Crippen LogP contribution in [0.3, 0.4) is 0 Å². The van der Waals surface area contributed by atoms with E-state index in [-0.39, 0.29) is 19.0 Å². The molecule has 170 valence electrons. The smallest absolute Gasteiger partial charge is 0.335 e. The number of hydrogen-bond acceptors (Lipinski definition) is 3. The number of aromatic nitrogens is 1. The number of fused-ring (bicyclic) bond motifs is 5. The van der Waals surface area contributed by atoms with Gasteiger partial charge in [0.15, 0.2) is 0 Å². The van der Waals surface area contributed by atoms with Gasteiger partial charge in [-0.25, -0.2) is 4.79 Å². The van der Waals surface area contributed by atoms with E-state index in [9.17, 15) is 15.0 Å². The van der Waals surface area contributed by atoms with Gasteiger partial charge in [-0.2, -0.15) is 0 Å². The zero-order chi connectivity index (χ0) is 21.4. The van der Waals surface area contributed by atoms with Crippen LogP contribution < -0.4 is 4.90 Å². The van der Waals surface area contributed by atoms with Gasteiger partial charge in [0.25, 0.3) is 0 Å². The van der Waals surface area contributed by atoms with Crippen molar-refractivity contribution >= 4 is 35.0 Å². The van der Waals surface area contributed by atoms with Crippen LogP contribution in [0.25, 0.3) is 22.2 Å². The van der Waals surface area contributed by atoms with Crippen molar-refractivity contribution < 1.29 is 15.0 Å². The average molecular weight is 455 g/mol. The second-order valence-electron chi connectivity index (χ2n) is 8.87. The second kappa shape index (κ2) is 9.55. The summed E-state index contributed by atoms with van der Waals surface area (Å²) in [4.78, 5) is 14.1. The van der Waals surface area contributed by atoms with Crippen molar-refractivity contribution in [3.63, 3.8) is 0 Å². The van der Waals surface area contributed by atoms with Crippen LogP contribution in [0.4, 0.5) is 5.69 Å². The maximum atomic E-state index is 11.7. The maximum Gasteiger partial charge on any atom is 0.335 e. The number of nitrogens with zero attached hydrogens (tertiary/aromatic N) is 2. The topological polar surface area (TPSA) is 65.7 Å². The highest BCUT2D eigenvalue weighted by Crippen LogP contribution is 2.47. The lowest BCUT2D eigenvalue weighted by atomic mass is 9.81. The molecular formula is C26H31ClN2O3. The van der Waals surface area contributed by atoms with Crippen LogP contribution in [0.2, 0.25) is 0 Å². The summed E-state index contributed by atoms with van der Waals surface area (Å²) in [6.45, 7) is 2.65. The van der Waals surface area contributed by atoms with Gasteiger partial charge < -0.3 is 19.7 Å². The molecule has 32 heavy (non-hydrogen) atoms. The number of halogens is 1. The van der Waals surface area contributed by atoms with Gasteiger partial charge in [0, 0.05) is 48.4 Å². The number of carboxylic acid groups (broad SMARTS) is 1. The summed E-state index contributed by atoms with van der Waals surface area (Å²) in [5.41, 5.74) is 6.50. The Morgan fingerprint density at radius 3 is 2.56 bits per heavy atom. The molecule has 0 radical (unpaired) electrons. The fourth-order valence-electron chi connectivity index (χ4n) is 5.62. The van der Waals surface area contributed by atoms with Crippen molar-refractivity contribution in [1.29, 1.82) is 0 Å². The number of anilines is 1. The van der Waals surface area contributed by atoms with Crippen molar-refractivity contribution in [2.45, 2.75) is 51.0 Å². The molecule has 5 rings (SSSR count). The van der Waals surface area contributed by atoms with Crippen molar-refractivity contribution in [3.8, 4) is 11.3 Å². The highest BCUT2D eigenvalue weighted by atomic mass is 35.5. The molecule has 2 N–H and O–H groups in total. The Balaban J connectivity index is 0.00000245. The van der Waals surface area contributed by atoms with E-state index in [0.29, 0.717) is 11.5 Å². The molecule has 2 aliphatic rings. The molecule has 1 aromatic heterocycles. The first-order chi connectivity index (χ1) is 15.2. The van der Waals surface area contributed by atoms with E-state index < -0.39 is 5.97 Å². The predicted octanol–water partition coefficient (Wildman–Crippen LogP) is 5.68. The molecule has 6 heteroatoms.